The summed E-state index contributed by atoms with van der Waals surface area (Å²) in [5.41, 5.74) is 0.611. The lowest BCUT2D eigenvalue weighted by molar-refractivity contribution is -0.118. The number of anilines is 1. The van der Waals surface area contributed by atoms with E-state index < -0.39 is 29.9 Å². The van der Waals surface area contributed by atoms with Gasteiger partial charge in [-0.1, -0.05) is 6.07 Å². The zero-order valence-corrected chi connectivity index (χ0v) is 19.5. The minimum absolute atomic E-state index is 0.0615. The number of halogens is 1. The number of aromatic nitrogens is 3. The number of fused-ring (bicyclic) bond motifs is 2. The number of aliphatic hydroxyl groups is 1. The van der Waals surface area contributed by atoms with Gasteiger partial charge in [0.05, 0.1) is 17.9 Å². The molecule has 0 saturated carbocycles. The van der Waals surface area contributed by atoms with Crippen molar-refractivity contribution < 1.29 is 28.6 Å². The summed E-state index contributed by atoms with van der Waals surface area (Å²) in [4.78, 5) is 43.2. The average molecular weight is 497 g/mol. The molecule has 13 heteroatoms. The molecule has 36 heavy (non-hydrogen) atoms. The maximum Gasteiger partial charge on any atom is 0.270 e. The number of hydrogen-bond acceptors (Lipinski definition) is 8. The monoisotopic (exact) mass is 497 g/mol. The zero-order chi connectivity index (χ0) is 25.6. The number of hydrogen-bond donors (Lipinski definition) is 4. The second-order valence-electron chi connectivity index (χ2n) is 8.89. The van der Waals surface area contributed by atoms with Gasteiger partial charge in [0.2, 0.25) is 0 Å². The van der Waals surface area contributed by atoms with Crippen LogP contribution in [0.5, 0.6) is 5.75 Å². The van der Waals surface area contributed by atoms with E-state index >= 15 is 0 Å². The van der Waals surface area contributed by atoms with E-state index in [-0.39, 0.29) is 42.1 Å². The number of nitrogens with zero attached hydrogens (tertiary/aromatic N) is 4. The molecular formula is C23H24FN7O5. The average Bonchev–Trinajstić information content (AvgIpc) is 3.23. The summed E-state index contributed by atoms with van der Waals surface area (Å²) in [7, 11) is 0. The van der Waals surface area contributed by atoms with Gasteiger partial charge in [-0.05, 0) is 31.5 Å². The smallest absolute Gasteiger partial charge is 0.270 e. The van der Waals surface area contributed by atoms with Crippen LogP contribution < -0.4 is 20.7 Å². The molecular weight excluding hydrogens is 473 g/mol. The van der Waals surface area contributed by atoms with E-state index in [9.17, 15) is 23.9 Å². The molecule has 12 nitrogen and oxygen atoms in total. The first kappa shape index (κ1) is 23.6. The summed E-state index contributed by atoms with van der Waals surface area (Å²) in [6.45, 7) is 4.33. The molecule has 0 aliphatic carbocycles. The second kappa shape index (κ2) is 9.17. The standard InChI is InChI=1S/C23H24FN7O5/c1-11(2)30-9-16(23(30)35)29-22(34)17-6-15(28-20-13(24)8-26-31(17)20)21(33)25-7-12-3-4-18-14(5-12)27-19(32)10-36-18/h3-6,8,11,16,23,35H,7,9-10H2,1-2H3,(H,25,33)(H,27,32)(H,29,34)/t16-,23?/m0/s1. The highest BCUT2D eigenvalue weighted by atomic mass is 19.1. The van der Waals surface area contributed by atoms with Crippen molar-refractivity contribution in [3.05, 3.63) is 53.2 Å². The van der Waals surface area contributed by atoms with Crippen molar-refractivity contribution >= 4 is 29.1 Å². The van der Waals surface area contributed by atoms with Crippen molar-refractivity contribution in [2.24, 2.45) is 0 Å². The first-order valence-electron chi connectivity index (χ1n) is 11.3. The second-order valence-corrected chi connectivity index (χ2v) is 8.89. The number of likely N-dealkylation sites (tertiary alicyclic amines) is 1. The van der Waals surface area contributed by atoms with E-state index in [1.165, 1.54) is 6.07 Å². The Morgan fingerprint density at radius 1 is 1.31 bits per heavy atom. The van der Waals surface area contributed by atoms with Crippen LogP contribution >= 0.6 is 0 Å². The molecule has 2 atom stereocenters. The lowest BCUT2D eigenvalue weighted by atomic mass is 10.0. The Balaban J connectivity index is 1.33. The van der Waals surface area contributed by atoms with Crippen LogP contribution in [0.3, 0.4) is 0 Å². The summed E-state index contributed by atoms with van der Waals surface area (Å²) < 4.78 is 20.6. The van der Waals surface area contributed by atoms with Gasteiger partial charge in [-0.25, -0.2) is 13.9 Å². The van der Waals surface area contributed by atoms with E-state index in [1.54, 1.807) is 23.1 Å². The number of aliphatic hydroxyl groups excluding tert-OH is 1. The summed E-state index contributed by atoms with van der Waals surface area (Å²) in [5.74, 6) is -1.81. The third kappa shape index (κ3) is 4.33. The molecule has 2 aromatic heterocycles. The Kier molecular flexibility index (Phi) is 6.02. The molecule has 4 heterocycles. The molecule has 0 bridgehead atoms. The van der Waals surface area contributed by atoms with Crippen molar-refractivity contribution in [3.8, 4) is 5.75 Å². The Hall–Kier alpha value is -4.10. The maximum atomic E-state index is 14.3. The summed E-state index contributed by atoms with van der Waals surface area (Å²) in [6.07, 6.45) is 0.0541. The van der Waals surface area contributed by atoms with Crippen molar-refractivity contribution in [1.29, 1.82) is 0 Å². The highest BCUT2D eigenvalue weighted by Gasteiger charge is 2.40. The molecule has 0 radical (unpaired) electrons. The minimum Gasteiger partial charge on any atom is -0.482 e. The van der Waals surface area contributed by atoms with Crippen LogP contribution in [0.2, 0.25) is 0 Å². The number of benzene rings is 1. The van der Waals surface area contributed by atoms with Gasteiger partial charge in [-0.3, -0.25) is 19.3 Å². The van der Waals surface area contributed by atoms with Gasteiger partial charge in [-0.2, -0.15) is 5.10 Å². The van der Waals surface area contributed by atoms with Crippen molar-refractivity contribution in [2.75, 3.05) is 18.5 Å². The van der Waals surface area contributed by atoms with E-state index in [1.807, 2.05) is 13.8 Å². The highest BCUT2D eigenvalue weighted by Crippen LogP contribution is 2.28. The number of rotatable bonds is 6. The van der Waals surface area contributed by atoms with Crippen LogP contribution in [0.4, 0.5) is 10.1 Å². The first-order valence-corrected chi connectivity index (χ1v) is 11.3. The summed E-state index contributed by atoms with van der Waals surface area (Å²) in [6, 6.07) is 5.89. The number of nitrogens with one attached hydrogen (secondary N) is 3. The molecule has 188 valence electrons. The predicted octanol–water partition coefficient (Wildman–Crippen LogP) is 0.270. The summed E-state index contributed by atoms with van der Waals surface area (Å²) in [5, 5.41) is 22.2. The van der Waals surface area contributed by atoms with Crippen molar-refractivity contribution in [2.45, 2.75) is 38.7 Å². The topological polar surface area (TPSA) is 150 Å². The molecule has 1 unspecified atom stereocenters. The van der Waals surface area contributed by atoms with Gasteiger partial charge in [0.15, 0.2) is 18.1 Å². The molecule has 2 aliphatic heterocycles. The van der Waals surface area contributed by atoms with E-state index in [0.717, 1.165) is 10.7 Å². The lowest BCUT2D eigenvalue weighted by Gasteiger charge is -2.47. The van der Waals surface area contributed by atoms with Gasteiger partial charge < -0.3 is 25.8 Å². The fraction of sp³-hybridized carbons (Fsp3) is 0.348. The Morgan fingerprint density at radius 2 is 2.11 bits per heavy atom. The molecule has 1 aromatic carbocycles. The van der Waals surface area contributed by atoms with Gasteiger partial charge in [-0.15, -0.1) is 0 Å². The number of amides is 3. The molecule has 1 saturated heterocycles. The van der Waals surface area contributed by atoms with Crippen LogP contribution in [0.1, 0.15) is 40.4 Å². The predicted molar refractivity (Wildman–Crippen MR) is 124 cm³/mol. The third-order valence-corrected chi connectivity index (χ3v) is 6.11. The number of ether oxygens (including phenoxy) is 1. The molecule has 0 spiro atoms. The normalized spacial score (nSPS) is 19.3. The summed E-state index contributed by atoms with van der Waals surface area (Å²) >= 11 is 0. The molecule has 2 aliphatic rings. The Labute approximate surface area is 204 Å². The van der Waals surface area contributed by atoms with Crippen molar-refractivity contribution in [3.63, 3.8) is 0 Å². The fourth-order valence-electron chi connectivity index (χ4n) is 4.13. The number of carbonyl (C=O) groups excluding carboxylic acids is 3. The largest absolute Gasteiger partial charge is 0.482 e. The Morgan fingerprint density at radius 3 is 2.86 bits per heavy atom. The Bertz CT molecular complexity index is 1370. The molecule has 3 amide bonds. The van der Waals surface area contributed by atoms with Gasteiger partial charge >= 0.3 is 0 Å². The number of carbonyl (C=O) groups is 3. The van der Waals surface area contributed by atoms with E-state index in [2.05, 4.69) is 26.0 Å². The van der Waals surface area contributed by atoms with Crippen LogP contribution in [0, 0.1) is 5.82 Å². The van der Waals surface area contributed by atoms with E-state index in [4.69, 9.17) is 4.74 Å². The van der Waals surface area contributed by atoms with E-state index in [0.29, 0.717) is 23.5 Å². The van der Waals surface area contributed by atoms with Gasteiger partial charge in [0.1, 0.15) is 23.4 Å². The lowest BCUT2D eigenvalue weighted by Crippen LogP contribution is -2.68. The van der Waals surface area contributed by atoms with Crippen LogP contribution in [0.25, 0.3) is 5.65 Å². The van der Waals surface area contributed by atoms with Crippen LogP contribution in [0.15, 0.2) is 30.5 Å². The quantitative estimate of drug-likeness (QED) is 0.379. The highest BCUT2D eigenvalue weighted by molar-refractivity contribution is 5.98. The van der Waals surface area contributed by atoms with Gasteiger partial charge in [0.25, 0.3) is 17.7 Å². The molecule has 4 N–H and O–H groups in total. The van der Waals surface area contributed by atoms with Crippen LogP contribution in [-0.4, -0.2) is 73.8 Å². The minimum atomic E-state index is -0.852. The first-order chi connectivity index (χ1) is 17.2. The SMILES string of the molecule is CC(C)N1C[C@H](NC(=O)c2cc(C(=O)NCc3ccc4c(c3)NC(=O)CO4)nc3c(F)cnn23)C1O. The van der Waals surface area contributed by atoms with Gasteiger partial charge in [0, 0.05) is 25.2 Å². The van der Waals surface area contributed by atoms with Crippen molar-refractivity contribution in [1.82, 2.24) is 30.1 Å². The zero-order valence-electron chi connectivity index (χ0n) is 19.5. The fourth-order valence-corrected chi connectivity index (χ4v) is 4.13. The molecule has 1 fully saturated rings. The maximum absolute atomic E-state index is 14.3. The third-order valence-electron chi connectivity index (χ3n) is 6.11. The molecule has 3 aromatic rings. The molecule has 5 rings (SSSR count). The van der Waals surface area contributed by atoms with Crippen LogP contribution in [-0.2, 0) is 11.3 Å².